The first-order chi connectivity index (χ1) is 9.20. The average Bonchev–Trinajstić information content (AvgIpc) is 2.45. The Morgan fingerprint density at radius 3 is 2.68 bits per heavy atom. The molecule has 5 heteroatoms. The maximum Gasteiger partial charge on any atom is 0.287 e. The summed E-state index contributed by atoms with van der Waals surface area (Å²) in [4.78, 5) is 14.5. The number of hydrogen-bond donors (Lipinski definition) is 0. The lowest BCUT2D eigenvalue weighted by molar-refractivity contribution is -0.385. The van der Waals surface area contributed by atoms with E-state index in [2.05, 4.69) is 17.1 Å². The lowest BCUT2D eigenvalue weighted by Gasteiger charge is -2.06. The predicted octanol–water partition coefficient (Wildman–Crippen LogP) is 3.84. The maximum absolute atomic E-state index is 10.7. The van der Waals surface area contributed by atoms with E-state index in [-0.39, 0.29) is 5.69 Å². The molecule has 0 amide bonds. The fraction of sp³-hybridized carbons (Fsp3) is 0.214. The molecule has 1 aromatic heterocycles. The molecule has 0 atom stereocenters. The van der Waals surface area contributed by atoms with Crippen LogP contribution in [-0.2, 0) is 12.2 Å². The molecule has 0 spiro atoms. The first-order valence-corrected chi connectivity index (χ1v) is 6.99. The summed E-state index contributed by atoms with van der Waals surface area (Å²) >= 11 is 1.61. The number of thioether (sulfide) groups is 1. The van der Waals surface area contributed by atoms with Gasteiger partial charge in [-0.15, -0.1) is 11.8 Å². The third-order valence-electron chi connectivity index (χ3n) is 2.72. The smallest absolute Gasteiger partial charge is 0.258 e. The van der Waals surface area contributed by atoms with Crippen molar-refractivity contribution in [2.45, 2.75) is 24.1 Å². The fourth-order valence-corrected chi connectivity index (χ4v) is 2.71. The Morgan fingerprint density at radius 1 is 1.32 bits per heavy atom. The van der Waals surface area contributed by atoms with Gasteiger partial charge in [0.05, 0.1) is 4.92 Å². The topological polar surface area (TPSA) is 56.0 Å². The molecule has 19 heavy (non-hydrogen) atoms. The molecule has 2 rings (SSSR count). The van der Waals surface area contributed by atoms with Crippen molar-refractivity contribution in [3.8, 4) is 0 Å². The zero-order chi connectivity index (χ0) is 13.7. The van der Waals surface area contributed by atoms with E-state index < -0.39 is 4.92 Å². The molecule has 4 nitrogen and oxygen atoms in total. The summed E-state index contributed by atoms with van der Waals surface area (Å²) in [6.45, 7) is 1.98. The fourth-order valence-electron chi connectivity index (χ4n) is 1.69. The van der Waals surface area contributed by atoms with Crippen LogP contribution in [0.4, 0.5) is 5.69 Å². The van der Waals surface area contributed by atoms with Crippen molar-refractivity contribution in [3.05, 3.63) is 63.8 Å². The van der Waals surface area contributed by atoms with E-state index in [1.807, 2.05) is 25.1 Å². The highest BCUT2D eigenvalue weighted by Gasteiger charge is 2.11. The summed E-state index contributed by atoms with van der Waals surface area (Å²) in [5.74, 6) is 0.818. The number of aromatic nitrogens is 1. The van der Waals surface area contributed by atoms with E-state index in [1.54, 1.807) is 17.8 Å². The second kappa shape index (κ2) is 6.33. The van der Waals surface area contributed by atoms with E-state index in [9.17, 15) is 10.1 Å². The van der Waals surface area contributed by atoms with Gasteiger partial charge in [-0.05, 0) is 17.5 Å². The average molecular weight is 274 g/mol. The molecule has 2 aromatic rings. The highest BCUT2D eigenvalue weighted by Crippen LogP contribution is 2.27. The van der Waals surface area contributed by atoms with Gasteiger partial charge < -0.3 is 0 Å². The number of nitro groups is 1. The molecule has 0 saturated heterocycles. The van der Waals surface area contributed by atoms with Crippen LogP contribution >= 0.6 is 11.8 Å². The molecule has 0 saturated carbocycles. The van der Waals surface area contributed by atoms with Crippen molar-refractivity contribution in [2.24, 2.45) is 0 Å². The van der Waals surface area contributed by atoms with Crippen LogP contribution in [0.25, 0.3) is 0 Å². The minimum Gasteiger partial charge on any atom is -0.258 e. The standard InChI is InChI=1S/C14H14N2O2S/c1-2-12-8-13(16(17)18)9-15-14(12)19-10-11-6-4-3-5-7-11/h3-9H,2,10H2,1H3. The highest BCUT2D eigenvalue weighted by atomic mass is 32.2. The molecular formula is C14H14N2O2S. The van der Waals surface area contributed by atoms with E-state index in [4.69, 9.17) is 0 Å². The Labute approximate surface area is 116 Å². The number of pyridine rings is 1. The van der Waals surface area contributed by atoms with Gasteiger partial charge in [0, 0.05) is 11.8 Å². The summed E-state index contributed by atoms with van der Waals surface area (Å²) in [5.41, 5.74) is 2.20. The summed E-state index contributed by atoms with van der Waals surface area (Å²) < 4.78 is 0. The molecule has 98 valence electrons. The van der Waals surface area contributed by atoms with Crippen molar-refractivity contribution in [2.75, 3.05) is 0 Å². The van der Waals surface area contributed by atoms with Crippen molar-refractivity contribution in [1.29, 1.82) is 0 Å². The lowest BCUT2D eigenvalue weighted by Crippen LogP contribution is -1.95. The minimum atomic E-state index is -0.405. The monoisotopic (exact) mass is 274 g/mol. The molecule has 0 aliphatic carbocycles. The van der Waals surface area contributed by atoms with Gasteiger partial charge in [0.25, 0.3) is 5.69 Å². The quantitative estimate of drug-likeness (QED) is 0.472. The van der Waals surface area contributed by atoms with Crippen LogP contribution in [0.2, 0.25) is 0 Å². The van der Waals surface area contributed by atoms with Crippen molar-refractivity contribution in [1.82, 2.24) is 4.98 Å². The van der Waals surface area contributed by atoms with Gasteiger partial charge in [0.15, 0.2) is 0 Å². The minimum absolute atomic E-state index is 0.0564. The molecule has 0 bridgehead atoms. The molecule has 0 unspecified atom stereocenters. The molecule has 0 N–H and O–H groups in total. The van der Waals surface area contributed by atoms with Crippen molar-refractivity contribution >= 4 is 17.4 Å². The predicted molar refractivity (Wildman–Crippen MR) is 76.3 cm³/mol. The summed E-state index contributed by atoms with van der Waals surface area (Å²) in [5, 5.41) is 11.6. The number of aryl methyl sites for hydroxylation is 1. The van der Waals surface area contributed by atoms with Gasteiger partial charge in [-0.3, -0.25) is 10.1 Å². The first-order valence-electron chi connectivity index (χ1n) is 6.00. The normalized spacial score (nSPS) is 10.4. The van der Waals surface area contributed by atoms with E-state index >= 15 is 0 Å². The summed E-state index contributed by atoms with van der Waals surface area (Å²) in [6, 6.07) is 11.7. The van der Waals surface area contributed by atoms with Gasteiger partial charge in [-0.25, -0.2) is 4.98 Å². The maximum atomic E-state index is 10.7. The second-order valence-electron chi connectivity index (χ2n) is 4.04. The van der Waals surface area contributed by atoms with Crippen LogP contribution in [0.3, 0.4) is 0 Å². The molecule has 0 aliphatic rings. The Morgan fingerprint density at radius 2 is 2.05 bits per heavy atom. The Kier molecular flexibility index (Phi) is 4.52. The SMILES string of the molecule is CCc1cc([N+](=O)[O-])cnc1SCc1ccccc1. The van der Waals surface area contributed by atoms with E-state index in [0.29, 0.717) is 0 Å². The third-order valence-corrected chi connectivity index (χ3v) is 3.84. The second-order valence-corrected chi connectivity index (χ2v) is 5.01. The largest absolute Gasteiger partial charge is 0.287 e. The summed E-state index contributed by atoms with van der Waals surface area (Å²) in [6.07, 6.45) is 2.07. The first kappa shape index (κ1) is 13.5. The molecule has 1 heterocycles. The van der Waals surface area contributed by atoms with Crippen molar-refractivity contribution in [3.63, 3.8) is 0 Å². The molecule has 0 fully saturated rings. The Hall–Kier alpha value is -1.88. The number of hydrogen-bond acceptors (Lipinski definition) is 4. The van der Waals surface area contributed by atoms with Crippen LogP contribution in [-0.4, -0.2) is 9.91 Å². The van der Waals surface area contributed by atoms with Crippen LogP contribution < -0.4 is 0 Å². The number of benzene rings is 1. The molecular weight excluding hydrogens is 260 g/mol. The van der Waals surface area contributed by atoms with Crippen LogP contribution in [0, 0.1) is 10.1 Å². The van der Waals surface area contributed by atoms with Gasteiger partial charge in [0.2, 0.25) is 0 Å². The van der Waals surface area contributed by atoms with Crippen LogP contribution in [0.15, 0.2) is 47.6 Å². The molecule has 0 aliphatic heterocycles. The zero-order valence-electron chi connectivity index (χ0n) is 10.6. The van der Waals surface area contributed by atoms with Gasteiger partial charge in [-0.1, -0.05) is 37.3 Å². The van der Waals surface area contributed by atoms with Crippen LogP contribution in [0.5, 0.6) is 0 Å². The van der Waals surface area contributed by atoms with E-state index in [1.165, 1.54) is 11.8 Å². The molecule has 0 radical (unpaired) electrons. The Bertz CT molecular complexity index is 573. The van der Waals surface area contributed by atoms with Gasteiger partial charge in [0.1, 0.15) is 11.2 Å². The lowest BCUT2D eigenvalue weighted by atomic mass is 10.2. The van der Waals surface area contributed by atoms with Gasteiger partial charge >= 0.3 is 0 Å². The number of rotatable bonds is 5. The van der Waals surface area contributed by atoms with E-state index in [0.717, 1.165) is 22.8 Å². The third kappa shape index (κ3) is 3.54. The highest BCUT2D eigenvalue weighted by molar-refractivity contribution is 7.98. The summed E-state index contributed by atoms with van der Waals surface area (Å²) in [7, 11) is 0. The zero-order valence-corrected chi connectivity index (χ0v) is 11.4. The number of nitrogens with zero attached hydrogens (tertiary/aromatic N) is 2. The van der Waals surface area contributed by atoms with Crippen molar-refractivity contribution < 1.29 is 4.92 Å². The Balaban J connectivity index is 2.14. The van der Waals surface area contributed by atoms with Gasteiger partial charge in [-0.2, -0.15) is 0 Å². The molecule has 1 aromatic carbocycles. The van der Waals surface area contributed by atoms with Crippen LogP contribution in [0.1, 0.15) is 18.1 Å².